The maximum absolute atomic E-state index is 12.8. The normalized spacial score (nSPS) is 10.6. The molecule has 0 aliphatic heterocycles. The number of benzene rings is 2. The lowest BCUT2D eigenvalue weighted by molar-refractivity contribution is 0.386. The van der Waals surface area contributed by atoms with Gasteiger partial charge in [0.05, 0.1) is 0 Å². The molecule has 0 radical (unpaired) electrons. The first kappa shape index (κ1) is 14.8. The van der Waals surface area contributed by atoms with E-state index < -0.39 is 19.4 Å². The summed E-state index contributed by atoms with van der Waals surface area (Å²) in [6.45, 7) is 0. The van der Waals surface area contributed by atoms with E-state index in [4.69, 9.17) is 14.6 Å². The number of hydrogen-bond donors (Lipinski definition) is 0. The average Bonchev–Trinajstić information content (AvgIpc) is 2.44. The average molecular weight is 311 g/mol. The highest BCUT2D eigenvalue weighted by molar-refractivity contribution is 7.53. The number of nitrogens with zero attached hydrogens (tertiary/aromatic N) is 3. The van der Waals surface area contributed by atoms with Gasteiger partial charge >= 0.3 is 7.75 Å². The van der Waals surface area contributed by atoms with Crippen LogP contribution in [-0.2, 0) is 4.57 Å². The van der Waals surface area contributed by atoms with Gasteiger partial charge in [0.2, 0.25) is 0 Å². The predicted molar refractivity (Wildman–Crippen MR) is 70.8 cm³/mol. The molecular weight excluding hydrogens is 303 g/mol. The van der Waals surface area contributed by atoms with Gasteiger partial charge in [0, 0.05) is 9.80 Å². The molecule has 2 aromatic carbocycles. The van der Waals surface area contributed by atoms with Crippen molar-refractivity contribution in [2.45, 2.75) is 0 Å². The minimum absolute atomic E-state index is 0.00533. The molecule has 0 fully saturated rings. The molecule has 2 aromatic rings. The van der Waals surface area contributed by atoms with Crippen molar-refractivity contribution in [1.29, 1.82) is 0 Å². The first-order chi connectivity index (χ1) is 10.0. The molecule has 0 unspecified atom stereocenters. The summed E-state index contributed by atoms with van der Waals surface area (Å²) in [6.07, 6.45) is 0. The Morgan fingerprint density at radius 2 is 1.29 bits per heavy atom. The molecule has 0 saturated carbocycles. The van der Waals surface area contributed by atoms with E-state index in [1.165, 1.54) is 24.3 Å². The number of hydrogen-bond acceptors (Lipinski definition) is 3. The standard InChI is InChI=1S/C12H8F2N3O3P/c13-9-1-5-11(6-2-9)19-21(18,17-16-15)20-12-7-3-10(14)4-8-12/h1-8H. The van der Waals surface area contributed by atoms with E-state index in [1.54, 1.807) is 0 Å². The Bertz CT molecular complexity index is 664. The molecule has 0 aliphatic rings. The SMILES string of the molecule is [N-]=[N+]=NP(=O)(Oc1ccc(F)cc1)Oc1ccc(F)cc1. The molecule has 0 atom stereocenters. The molecule has 108 valence electrons. The quantitative estimate of drug-likeness (QED) is 0.343. The molecule has 0 heterocycles. The Morgan fingerprint density at radius 3 is 1.62 bits per heavy atom. The lowest BCUT2D eigenvalue weighted by Gasteiger charge is -2.15. The van der Waals surface area contributed by atoms with Gasteiger partial charge in [-0.25, -0.2) is 13.3 Å². The molecule has 0 N–H and O–H groups in total. The summed E-state index contributed by atoms with van der Waals surface area (Å²) in [5, 5.41) is 0. The highest BCUT2D eigenvalue weighted by atomic mass is 31.2. The van der Waals surface area contributed by atoms with E-state index in [1.807, 2.05) is 0 Å². The lowest BCUT2D eigenvalue weighted by atomic mass is 10.3. The molecular formula is C12H8F2N3O3P. The van der Waals surface area contributed by atoms with Crippen LogP contribution in [0.1, 0.15) is 0 Å². The van der Waals surface area contributed by atoms with Crippen LogP contribution in [0, 0.1) is 11.6 Å². The van der Waals surface area contributed by atoms with Crippen molar-refractivity contribution in [3.8, 4) is 11.5 Å². The molecule has 2 rings (SSSR count). The summed E-state index contributed by atoms with van der Waals surface area (Å²) in [4.78, 5) is 5.39. The minimum Gasteiger partial charge on any atom is -0.411 e. The predicted octanol–water partition coefficient (Wildman–Crippen LogP) is 4.84. The molecule has 0 spiro atoms. The summed E-state index contributed by atoms with van der Waals surface area (Å²) in [5.74, 6) is -1.04. The van der Waals surface area contributed by atoms with Crippen LogP contribution in [0.15, 0.2) is 53.4 Å². The Balaban J connectivity index is 2.23. The van der Waals surface area contributed by atoms with Crippen LogP contribution in [0.25, 0.3) is 10.4 Å². The van der Waals surface area contributed by atoms with Crippen molar-refractivity contribution in [1.82, 2.24) is 0 Å². The monoisotopic (exact) mass is 311 g/mol. The number of azide groups is 1. The molecule has 0 amide bonds. The molecule has 9 heteroatoms. The van der Waals surface area contributed by atoms with E-state index >= 15 is 0 Å². The molecule has 0 aliphatic carbocycles. The van der Waals surface area contributed by atoms with Crippen LogP contribution >= 0.6 is 7.75 Å². The van der Waals surface area contributed by atoms with Crippen molar-refractivity contribution in [3.63, 3.8) is 0 Å². The van der Waals surface area contributed by atoms with Gasteiger partial charge < -0.3 is 9.05 Å². The maximum Gasteiger partial charge on any atom is 0.525 e. The zero-order valence-corrected chi connectivity index (χ0v) is 11.3. The number of rotatable bonds is 5. The van der Waals surface area contributed by atoms with E-state index in [0.717, 1.165) is 24.3 Å². The van der Waals surface area contributed by atoms with E-state index in [2.05, 4.69) is 9.80 Å². The van der Waals surface area contributed by atoms with Crippen LogP contribution < -0.4 is 9.05 Å². The third-order valence-electron chi connectivity index (χ3n) is 2.22. The second kappa shape index (κ2) is 6.26. The van der Waals surface area contributed by atoms with Gasteiger partial charge in [-0.2, -0.15) is 0 Å². The zero-order valence-electron chi connectivity index (χ0n) is 10.4. The Kier molecular flexibility index (Phi) is 4.42. The number of halogens is 2. The molecule has 21 heavy (non-hydrogen) atoms. The second-order valence-corrected chi connectivity index (χ2v) is 5.22. The van der Waals surface area contributed by atoms with Crippen molar-refractivity contribution >= 4 is 7.75 Å². The van der Waals surface area contributed by atoms with Gasteiger partial charge in [-0.05, 0) is 54.1 Å². The van der Waals surface area contributed by atoms with Crippen molar-refractivity contribution in [2.24, 2.45) is 4.88 Å². The van der Waals surface area contributed by atoms with Gasteiger partial charge in [0.25, 0.3) is 0 Å². The Labute approximate surface area is 118 Å². The second-order valence-electron chi connectivity index (χ2n) is 3.74. The minimum atomic E-state index is -4.23. The van der Waals surface area contributed by atoms with Crippen LogP contribution in [-0.4, -0.2) is 0 Å². The fraction of sp³-hybridized carbons (Fsp3) is 0. The highest BCUT2D eigenvalue weighted by Crippen LogP contribution is 2.50. The van der Waals surface area contributed by atoms with Crippen molar-refractivity contribution < 1.29 is 22.4 Å². The third-order valence-corrected chi connectivity index (χ3v) is 3.40. The topological polar surface area (TPSA) is 84.3 Å². The summed E-state index contributed by atoms with van der Waals surface area (Å²) < 4.78 is 47.8. The lowest BCUT2D eigenvalue weighted by Crippen LogP contribution is -1.98. The van der Waals surface area contributed by atoms with E-state index in [0.29, 0.717) is 0 Å². The van der Waals surface area contributed by atoms with Gasteiger partial charge in [-0.3, -0.25) is 0 Å². The van der Waals surface area contributed by atoms with Gasteiger partial charge in [0.15, 0.2) is 0 Å². The first-order valence-electron chi connectivity index (χ1n) is 5.58. The van der Waals surface area contributed by atoms with Gasteiger partial charge in [0.1, 0.15) is 23.1 Å². The Morgan fingerprint density at radius 1 is 0.905 bits per heavy atom. The zero-order chi connectivity index (χ0) is 15.3. The molecule has 6 nitrogen and oxygen atoms in total. The van der Waals surface area contributed by atoms with Crippen molar-refractivity contribution in [2.75, 3.05) is 0 Å². The summed E-state index contributed by atoms with van der Waals surface area (Å²) in [5.41, 5.74) is 8.45. The smallest absolute Gasteiger partial charge is 0.411 e. The fourth-order valence-electron chi connectivity index (χ4n) is 1.36. The molecule has 0 aromatic heterocycles. The molecule has 0 bridgehead atoms. The summed E-state index contributed by atoms with van der Waals surface area (Å²) in [7, 11) is -4.23. The van der Waals surface area contributed by atoms with Crippen LogP contribution in [0.4, 0.5) is 8.78 Å². The van der Waals surface area contributed by atoms with Gasteiger partial charge in [-0.15, -0.1) is 0 Å². The summed E-state index contributed by atoms with van der Waals surface area (Å²) in [6, 6.07) is 9.10. The van der Waals surface area contributed by atoms with Gasteiger partial charge in [-0.1, -0.05) is 0 Å². The Hall–Kier alpha value is -2.56. The van der Waals surface area contributed by atoms with Crippen LogP contribution in [0.2, 0.25) is 0 Å². The van der Waals surface area contributed by atoms with E-state index in [9.17, 15) is 13.3 Å². The van der Waals surface area contributed by atoms with Crippen LogP contribution in [0.3, 0.4) is 0 Å². The molecule has 0 saturated heterocycles. The van der Waals surface area contributed by atoms with Crippen LogP contribution in [0.5, 0.6) is 11.5 Å². The maximum atomic E-state index is 12.8. The van der Waals surface area contributed by atoms with E-state index in [-0.39, 0.29) is 11.5 Å². The first-order valence-corrected chi connectivity index (χ1v) is 7.07. The highest BCUT2D eigenvalue weighted by Gasteiger charge is 2.27. The largest absolute Gasteiger partial charge is 0.525 e. The van der Waals surface area contributed by atoms with Crippen molar-refractivity contribution in [3.05, 3.63) is 70.6 Å². The summed E-state index contributed by atoms with van der Waals surface area (Å²) >= 11 is 0. The fourth-order valence-corrected chi connectivity index (χ4v) is 2.35. The third kappa shape index (κ3) is 4.21.